The number of aryl methyl sites for hydroxylation is 1. The Balaban J connectivity index is 1.97. The quantitative estimate of drug-likeness (QED) is 0.549. The smallest absolute Gasteiger partial charge is 0.251 e. The van der Waals surface area contributed by atoms with Gasteiger partial charge in [0.25, 0.3) is 5.91 Å². The summed E-state index contributed by atoms with van der Waals surface area (Å²) in [5.74, 6) is -0.547. The van der Waals surface area contributed by atoms with Crippen LogP contribution in [0.5, 0.6) is 0 Å². The summed E-state index contributed by atoms with van der Waals surface area (Å²) < 4.78 is 0. The Labute approximate surface area is 139 Å². The largest absolute Gasteiger partial charge is 0.365 e. The van der Waals surface area contributed by atoms with Gasteiger partial charge in [-0.05, 0) is 43.5 Å². The molecule has 0 bridgehead atoms. The number of carbonyl (C=O) groups excluding carboxylic acids is 2. The molecule has 2 amide bonds. The predicted octanol–water partition coefficient (Wildman–Crippen LogP) is 2.73. The van der Waals surface area contributed by atoms with E-state index in [9.17, 15) is 9.59 Å². The van der Waals surface area contributed by atoms with Crippen LogP contribution in [0.3, 0.4) is 0 Å². The average molecular weight is 339 g/mol. The highest BCUT2D eigenvalue weighted by Gasteiger charge is 2.25. The van der Waals surface area contributed by atoms with Gasteiger partial charge in [0.15, 0.2) is 5.11 Å². The fourth-order valence-electron chi connectivity index (χ4n) is 2.61. The lowest BCUT2D eigenvalue weighted by molar-refractivity contribution is -0.119. The van der Waals surface area contributed by atoms with Gasteiger partial charge >= 0.3 is 0 Å². The van der Waals surface area contributed by atoms with Crippen LogP contribution in [0.2, 0.25) is 0 Å². The molecule has 2 rings (SSSR count). The summed E-state index contributed by atoms with van der Waals surface area (Å²) in [6.07, 6.45) is 6.31. The first-order valence-corrected chi connectivity index (χ1v) is 8.80. The van der Waals surface area contributed by atoms with Crippen LogP contribution in [0.4, 0.5) is 5.00 Å². The SMILES string of the molecule is CCCCCC(=O)NC(=S)Nc1sc2c(c1C(N)=O)CCC2. The molecule has 1 aromatic rings. The van der Waals surface area contributed by atoms with E-state index in [1.165, 1.54) is 16.2 Å². The molecule has 0 aliphatic heterocycles. The third-order valence-electron chi connectivity index (χ3n) is 3.66. The number of fused-ring (bicyclic) bond motifs is 1. The highest BCUT2D eigenvalue weighted by molar-refractivity contribution is 7.80. The molecule has 0 spiro atoms. The lowest BCUT2D eigenvalue weighted by atomic mass is 10.1. The first-order valence-electron chi connectivity index (χ1n) is 7.58. The van der Waals surface area contributed by atoms with Crippen molar-refractivity contribution in [2.24, 2.45) is 5.73 Å². The number of hydrogen-bond donors (Lipinski definition) is 3. The number of thiophene rings is 1. The van der Waals surface area contributed by atoms with Gasteiger partial charge in [-0.15, -0.1) is 11.3 Å². The van der Waals surface area contributed by atoms with Crippen LogP contribution in [0.25, 0.3) is 0 Å². The van der Waals surface area contributed by atoms with Crippen LogP contribution in [0.1, 0.15) is 59.8 Å². The molecule has 0 fully saturated rings. The van der Waals surface area contributed by atoms with E-state index < -0.39 is 5.91 Å². The zero-order chi connectivity index (χ0) is 16.1. The zero-order valence-electron chi connectivity index (χ0n) is 12.7. The molecular formula is C15H21N3O2S2. The Morgan fingerprint density at radius 2 is 2.09 bits per heavy atom. The molecule has 1 aromatic heterocycles. The van der Waals surface area contributed by atoms with Gasteiger partial charge in [-0.3, -0.25) is 9.59 Å². The third-order valence-corrected chi connectivity index (χ3v) is 5.07. The van der Waals surface area contributed by atoms with E-state index >= 15 is 0 Å². The highest BCUT2D eigenvalue weighted by atomic mass is 32.1. The van der Waals surface area contributed by atoms with E-state index in [1.54, 1.807) is 0 Å². The van der Waals surface area contributed by atoms with Crippen LogP contribution in [-0.4, -0.2) is 16.9 Å². The molecule has 0 atom stereocenters. The van der Waals surface area contributed by atoms with Crippen LogP contribution >= 0.6 is 23.6 Å². The maximum absolute atomic E-state index is 11.7. The third kappa shape index (κ3) is 4.04. The first-order chi connectivity index (χ1) is 10.5. The van der Waals surface area contributed by atoms with E-state index in [2.05, 4.69) is 17.6 Å². The minimum atomic E-state index is -0.445. The second-order valence-electron chi connectivity index (χ2n) is 5.39. The summed E-state index contributed by atoms with van der Waals surface area (Å²) in [6, 6.07) is 0. The minimum absolute atomic E-state index is 0.101. The van der Waals surface area contributed by atoms with E-state index in [0.717, 1.165) is 44.1 Å². The molecule has 1 aliphatic rings. The maximum atomic E-state index is 11.7. The van der Waals surface area contributed by atoms with Crippen LogP contribution in [0, 0.1) is 0 Å². The highest BCUT2D eigenvalue weighted by Crippen LogP contribution is 2.38. The topological polar surface area (TPSA) is 84.2 Å². The Morgan fingerprint density at radius 3 is 2.77 bits per heavy atom. The van der Waals surface area contributed by atoms with Crippen molar-refractivity contribution >= 4 is 45.5 Å². The number of unbranched alkanes of at least 4 members (excludes halogenated alkanes) is 2. The fourth-order valence-corrected chi connectivity index (χ4v) is 4.19. The number of amides is 2. The Hall–Kier alpha value is -1.47. The van der Waals surface area contributed by atoms with Crippen molar-refractivity contribution in [3.8, 4) is 0 Å². The number of nitrogens with two attached hydrogens (primary N) is 1. The lowest BCUT2D eigenvalue weighted by Crippen LogP contribution is -2.34. The Kier molecular flexibility index (Phi) is 5.90. The van der Waals surface area contributed by atoms with Crippen molar-refractivity contribution in [3.63, 3.8) is 0 Å². The summed E-state index contributed by atoms with van der Waals surface area (Å²) in [4.78, 5) is 24.6. The normalized spacial score (nSPS) is 12.8. The summed E-state index contributed by atoms with van der Waals surface area (Å²) >= 11 is 6.66. The number of carbonyl (C=O) groups is 2. The molecule has 7 heteroatoms. The summed E-state index contributed by atoms with van der Waals surface area (Å²) in [5.41, 5.74) is 7.05. The molecule has 0 saturated heterocycles. The van der Waals surface area contributed by atoms with Gasteiger partial charge in [0, 0.05) is 11.3 Å². The fraction of sp³-hybridized carbons (Fsp3) is 0.533. The molecule has 22 heavy (non-hydrogen) atoms. The number of nitrogens with one attached hydrogen (secondary N) is 2. The van der Waals surface area contributed by atoms with Crippen LogP contribution < -0.4 is 16.4 Å². The summed E-state index contributed by atoms with van der Waals surface area (Å²) in [6.45, 7) is 2.09. The van der Waals surface area contributed by atoms with Gasteiger partial charge in [0.1, 0.15) is 5.00 Å². The van der Waals surface area contributed by atoms with Crippen molar-refractivity contribution in [3.05, 3.63) is 16.0 Å². The molecule has 1 aliphatic carbocycles. The van der Waals surface area contributed by atoms with E-state index in [0.29, 0.717) is 17.0 Å². The number of rotatable bonds is 6. The predicted molar refractivity (Wildman–Crippen MR) is 93.4 cm³/mol. The monoisotopic (exact) mass is 339 g/mol. The van der Waals surface area contributed by atoms with E-state index in [-0.39, 0.29) is 11.0 Å². The molecule has 0 aromatic carbocycles. The second kappa shape index (κ2) is 7.69. The Bertz CT molecular complexity index is 596. The molecular weight excluding hydrogens is 318 g/mol. The summed E-state index contributed by atoms with van der Waals surface area (Å²) in [5, 5.41) is 6.49. The van der Waals surface area contributed by atoms with Gasteiger partial charge in [-0.1, -0.05) is 19.8 Å². The van der Waals surface area contributed by atoms with Gasteiger partial charge in [-0.2, -0.15) is 0 Å². The standard InChI is InChI=1S/C15H21N3O2S2/c1-2-3-4-8-11(19)17-15(21)18-14-12(13(16)20)9-6-5-7-10(9)22-14/h2-8H2,1H3,(H2,16,20)(H2,17,18,19,21). The molecule has 0 unspecified atom stereocenters. The first kappa shape index (κ1) is 16.9. The number of thiocarbonyl (C=S) groups is 1. The van der Waals surface area contributed by atoms with Gasteiger partial charge in [-0.25, -0.2) is 0 Å². The van der Waals surface area contributed by atoms with Gasteiger partial charge < -0.3 is 16.4 Å². The van der Waals surface area contributed by atoms with Crippen molar-refractivity contribution in [1.29, 1.82) is 0 Å². The number of anilines is 1. The molecule has 5 nitrogen and oxygen atoms in total. The van der Waals surface area contributed by atoms with Crippen molar-refractivity contribution in [1.82, 2.24) is 5.32 Å². The molecule has 120 valence electrons. The average Bonchev–Trinajstić information content (AvgIpc) is 2.98. The Morgan fingerprint density at radius 1 is 1.32 bits per heavy atom. The molecule has 4 N–H and O–H groups in total. The lowest BCUT2D eigenvalue weighted by Gasteiger charge is -2.09. The minimum Gasteiger partial charge on any atom is -0.365 e. The van der Waals surface area contributed by atoms with Crippen molar-refractivity contribution in [2.45, 2.75) is 51.9 Å². The zero-order valence-corrected chi connectivity index (χ0v) is 14.3. The van der Waals surface area contributed by atoms with Gasteiger partial charge in [0.05, 0.1) is 5.56 Å². The molecule has 1 heterocycles. The molecule has 0 radical (unpaired) electrons. The van der Waals surface area contributed by atoms with Crippen molar-refractivity contribution in [2.75, 3.05) is 5.32 Å². The summed E-state index contributed by atoms with van der Waals surface area (Å²) in [7, 11) is 0. The van der Waals surface area contributed by atoms with Crippen LogP contribution in [-0.2, 0) is 17.6 Å². The van der Waals surface area contributed by atoms with Crippen LogP contribution in [0.15, 0.2) is 0 Å². The maximum Gasteiger partial charge on any atom is 0.251 e. The van der Waals surface area contributed by atoms with Crippen molar-refractivity contribution < 1.29 is 9.59 Å². The van der Waals surface area contributed by atoms with Gasteiger partial charge in [0.2, 0.25) is 5.91 Å². The number of hydrogen-bond acceptors (Lipinski definition) is 4. The molecule has 0 saturated carbocycles. The second-order valence-corrected chi connectivity index (χ2v) is 6.90. The van der Waals surface area contributed by atoms with E-state index in [4.69, 9.17) is 18.0 Å². The number of primary amides is 1. The van der Waals surface area contributed by atoms with E-state index in [1.807, 2.05) is 0 Å².